The molecule has 1 saturated carbocycles. The molecule has 3 N–H and O–H groups in total. The summed E-state index contributed by atoms with van der Waals surface area (Å²) in [5, 5.41) is 3.03. The molecule has 0 heterocycles. The Labute approximate surface area is 145 Å². The third-order valence-electron chi connectivity index (χ3n) is 3.75. The first-order valence-electron chi connectivity index (χ1n) is 6.60. The molecule has 21 heavy (non-hydrogen) atoms. The van der Waals surface area contributed by atoms with Crippen LogP contribution in [0.2, 0.25) is 0 Å². The zero-order valence-corrected chi connectivity index (χ0v) is 15.4. The molecule has 1 aliphatic rings. The smallest absolute Gasteiger partial charge is 0.193 e. The van der Waals surface area contributed by atoms with Gasteiger partial charge in [-0.3, -0.25) is 9.20 Å². The lowest BCUT2D eigenvalue weighted by atomic mass is 9.84. The second-order valence-electron chi connectivity index (χ2n) is 5.05. The highest BCUT2D eigenvalue weighted by atomic mass is 127. The number of guanidine groups is 1. The van der Waals surface area contributed by atoms with E-state index in [2.05, 4.69) is 10.3 Å². The Hall–Kier alpha value is -0.830. The second kappa shape index (κ2) is 7.98. The van der Waals surface area contributed by atoms with Gasteiger partial charge in [0.1, 0.15) is 5.75 Å². The van der Waals surface area contributed by atoms with E-state index in [9.17, 15) is 4.21 Å². The van der Waals surface area contributed by atoms with Gasteiger partial charge >= 0.3 is 0 Å². The number of nitrogens with two attached hydrogens (primary N) is 1. The van der Waals surface area contributed by atoms with Crippen molar-refractivity contribution in [2.75, 3.05) is 25.2 Å². The minimum Gasteiger partial charge on any atom is -0.497 e. The number of methoxy groups -OCH3 is 1. The van der Waals surface area contributed by atoms with E-state index >= 15 is 0 Å². The van der Waals surface area contributed by atoms with Gasteiger partial charge in [-0.2, -0.15) is 0 Å². The van der Waals surface area contributed by atoms with E-state index in [1.165, 1.54) is 0 Å². The molecule has 1 fully saturated rings. The van der Waals surface area contributed by atoms with Crippen LogP contribution in [0.15, 0.2) is 29.3 Å². The fourth-order valence-electron chi connectivity index (χ4n) is 2.23. The minimum absolute atomic E-state index is 0. The van der Waals surface area contributed by atoms with Gasteiger partial charge in [-0.05, 0) is 25.0 Å². The van der Waals surface area contributed by atoms with E-state index < -0.39 is 10.8 Å². The number of hydrogen-bond donors (Lipinski definition) is 2. The molecule has 1 aliphatic carbocycles. The minimum atomic E-state index is -0.861. The highest BCUT2D eigenvalue weighted by molar-refractivity contribution is 14.0. The van der Waals surface area contributed by atoms with Crippen molar-refractivity contribution in [3.05, 3.63) is 24.3 Å². The van der Waals surface area contributed by atoms with E-state index in [4.69, 9.17) is 10.5 Å². The summed E-state index contributed by atoms with van der Waals surface area (Å²) in [5.41, 5.74) is 6.71. The van der Waals surface area contributed by atoms with Crippen LogP contribution < -0.4 is 15.8 Å². The van der Waals surface area contributed by atoms with Crippen molar-refractivity contribution in [1.82, 2.24) is 0 Å². The summed E-state index contributed by atoms with van der Waals surface area (Å²) in [4.78, 5) is 4.34. The van der Waals surface area contributed by atoms with Crippen LogP contribution in [-0.4, -0.2) is 34.8 Å². The first kappa shape index (κ1) is 18.2. The quantitative estimate of drug-likeness (QED) is 0.433. The molecule has 5 nitrogen and oxygen atoms in total. The van der Waals surface area contributed by atoms with Crippen molar-refractivity contribution < 1.29 is 8.95 Å². The Kier molecular flexibility index (Phi) is 6.92. The lowest BCUT2D eigenvalue weighted by Crippen LogP contribution is -2.44. The molecule has 0 saturated heterocycles. The van der Waals surface area contributed by atoms with Crippen molar-refractivity contribution in [3.8, 4) is 5.75 Å². The van der Waals surface area contributed by atoms with Gasteiger partial charge in [0.05, 0.1) is 18.4 Å². The summed E-state index contributed by atoms with van der Waals surface area (Å²) in [6.07, 6.45) is 4.80. The predicted molar refractivity (Wildman–Crippen MR) is 99.2 cm³/mol. The zero-order chi connectivity index (χ0) is 14.6. The number of halogens is 1. The number of nitrogens with one attached hydrogen (secondary N) is 1. The normalized spacial score (nSPS) is 18.1. The SMILES string of the molecule is COc1cccc(NC(N)=NCC2(S(C)=O)CCC2)c1.I. The van der Waals surface area contributed by atoms with Crippen LogP contribution in [0.25, 0.3) is 0 Å². The van der Waals surface area contributed by atoms with Crippen LogP contribution in [0, 0.1) is 0 Å². The van der Waals surface area contributed by atoms with Gasteiger partial charge < -0.3 is 15.8 Å². The highest BCUT2D eigenvalue weighted by Gasteiger charge is 2.40. The lowest BCUT2D eigenvalue weighted by Gasteiger charge is -2.38. The topological polar surface area (TPSA) is 76.7 Å². The van der Waals surface area contributed by atoms with Crippen molar-refractivity contribution >= 4 is 46.4 Å². The molecule has 0 amide bonds. The zero-order valence-electron chi connectivity index (χ0n) is 12.3. The molecule has 7 heteroatoms. The van der Waals surface area contributed by atoms with Gasteiger partial charge in [0.25, 0.3) is 0 Å². The van der Waals surface area contributed by atoms with Crippen molar-refractivity contribution in [3.63, 3.8) is 0 Å². The third-order valence-corrected chi connectivity index (χ3v) is 5.51. The highest BCUT2D eigenvalue weighted by Crippen LogP contribution is 2.37. The molecule has 0 bridgehead atoms. The van der Waals surface area contributed by atoms with Crippen LogP contribution in [0.3, 0.4) is 0 Å². The second-order valence-corrected chi connectivity index (χ2v) is 6.82. The molecule has 0 aromatic heterocycles. The average Bonchev–Trinajstić information content (AvgIpc) is 2.37. The molecule has 1 atom stereocenters. The van der Waals surface area contributed by atoms with Crippen molar-refractivity contribution in [1.29, 1.82) is 0 Å². The van der Waals surface area contributed by atoms with Crippen LogP contribution in [-0.2, 0) is 10.8 Å². The molecular weight excluding hydrogens is 401 g/mol. The number of nitrogens with zero attached hydrogens (tertiary/aromatic N) is 1. The van der Waals surface area contributed by atoms with Crippen LogP contribution in [0.5, 0.6) is 5.75 Å². The van der Waals surface area contributed by atoms with Crippen molar-refractivity contribution in [2.45, 2.75) is 24.0 Å². The van der Waals surface area contributed by atoms with E-state index in [-0.39, 0.29) is 28.7 Å². The van der Waals surface area contributed by atoms with Gasteiger partial charge in [-0.25, -0.2) is 0 Å². The summed E-state index contributed by atoms with van der Waals surface area (Å²) in [7, 11) is 0.758. The van der Waals surface area contributed by atoms with Gasteiger partial charge in [-0.1, -0.05) is 12.5 Å². The summed E-state index contributed by atoms with van der Waals surface area (Å²) in [6.45, 7) is 0.513. The van der Waals surface area contributed by atoms with E-state index in [0.29, 0.717) is 12.5 Å². The Balaban J connectivity index is 0.00000220. The molecule has 1 unspecified atom stereocenters. The summed E-state index contributed by atoms with van der Waals surface area (Å²) < 4.78 is 16.7. The van der Waals surface area contributed by atoms with Crippen molar-refractivity contribution in [2.24, 2.45) is 10.7 Å². The average molecular weight is 423 g/mol. The monoisotopic (exact) mass is 423 g/mol. The van der Waals surface area contributed by atoms with E-state index in [0.717, 1.165) is 30.7 Å². The summed E-state index contributed by atoms with van der Waals surface area (Å²) in [5.74, 6) is 1.10. The van der Waals surface area contributed by atoms with Gasteiger partial charge in [0.2, 0.25) is 0 Å². The molecular formula is C14H22IN3O2S. The fraction of sp³-hybridized carbons (Fsp3) is 0.500. The molecule has 0 radical (unpaired) electrons. The molecule has 1 aromatic rings. The first-order chi connectivity index (χ1) is 9.55. The molecule has 2 rings (SSSR count). The van der Waals surface area contributed by atoms with E-state index in [1.807, 2.05) is 24.3 Å². The largest absolute Gasteiger partial charge is 0.497 e. The Bertz CT molecular complexity index is 533. The third kappa shape index (κ3) is 4.57. The molecule has 0 aliphatic heterocycles. The Morgan fingerprint density at radius 2 is 2.24 bits per heavy atom. The summed E-state index contributed by atoms with van der Waals surface area (Å²) >= 11 is 0. The number of anilines is 1. The number of hydrogen-bond acceptors (Lipinski definition) is 3. The first-order valence-corrected chi connectivity index (χ1v) is 8.16. The predicted octanol–water partition coefficient (Wildman–Crippen LogP) is 2.34. The van der Waals surface area contributed by atoms with Gasteiger partial charge in [0, 0.05) is 28.8 Å². The van der Waals surface area contributed by atoms with Gasteiger partial charge in [0.15, 0.2) is 5.96 Å². The maximum atomic E-state index is 11.8. The number of benzene rings is 1. The van der Waals surface area contributed by atoms with Crippen LogP contribution in [0.1, 0.15) is 19.3 Å². The number of ether oxygens (including phenoxy) is 1. The number of rotatable bonds is 5. The standard InChI is InChI=1S/C14H21N3O2S.HI/c1-19-12-6-3-5-11(9-12)17-13(15)16-10-14(20(2)18)7-4-8-14;/h3,5-6,9H,4,7-8,10H2,1-2H3,(H3,15,16,17);1H. The van der Waals surface area contributed by atoms with Gasteiger partial charge in [-0.15, -0.1) is 24.0 Å². The molecule has 118 valence electrons. The molecule has 1 aromatic carbocycles. The lowest BCUT2D eigenvalue weighted by molar-refractivity contribution is 0.361. The van der Waals surface area contributed by atoms with Crippen LogP contribution in [0.4, 0.5) is 5.69 Å². The Morgan fingerprint density at radius 1 is 1.52 bits per heavy atom. The number of aliphatic imine (C=N–C) groups is 1. The van der Waals surface area contributed by atoms with E-state index in [1.54, 1.807) is 13.4 Å². The van der Waals surface area contributed by atoms with Crippen LogP contribution >= 0.6 is 24.0 Å². The maximum Gasteiger partial charge on any atom is 0.193 e. The Morgan fingerprint density at radius 3 is 2.76 bits per heavy atom. The maximum absolute atomic E-state index is 11.8. The fourth-order valence-corrected chi connectivity index (χ4v) is 3.34. The summed E-state index contributed by atoms with van der Waals surface area (Å²) in [6, 6.07) is 7.48. The molecule has 0 spiro atoms.